The molecule has 2 aromatic rings. The zero-order valence-corrected chi connectivity index (χ0v) is 12.1. The molecule has 2 aromatic heterocycles. The minimum absolute atomic E-state index is 0.101. The summed E-state index contributed by atoms with van der Waals surface area (Å²) in [4.78, 5) is 9.40. The minimum atomic E-state index is -4.43. The third kappa shape index (κ3) is 3.87. The van der Waals surface area contributed by atoms with Gasteiger partial charge >= 0.3 is 6.18 Å². The van der Waals surface area contributed by atoms with Crippen molar-refractivity contribution in [1.82, 2.24) is 9.97 Å². The summed E-state index contributed by atoms with van der Waals surface area (Å²) in [5.74, 6) is 0.101. The molecule has 0 aliphatic heterocycles. The number of nitrogens with two attached hydrogens (primary N) is 1. The first-order valence-electron chi connectivity index (χ1n) is 6.88. The second-order valence-electron chi connectivity index (χ2n) is 4.81. The molecule has 0 aliphatic rings. The van der Waals surface area contributed by atoms with Crippen LogP contribution in [-0.4, -0.2) is 23.1 Å². The van der Waals surface area contributed by atoms with Crippen molar-refractivity contribution in [2.75, 3.05) is 23.7 Å². The normalized spacial score (nSPS) is 11.5. The van der Waals surface area contributed by atoms with E-state index in [9.17, 15) is 13.2 Å². The van der Waals surface area contributed by atoms with Crippen LogP contribution in [0.25, 0.3) is 0 Å². The van der Waals surface area contributed by atoms with Gasteiger partial charge in [0.15, 0.2) is 0 Å². The third-order valence-electron chi connectivity index (χ3n) is 3.37. The summed E-state index contributed by atoms with van der Waals surface area (Å²) >= 11 is 0. The predicted molar refractivity (Wildman–Crippen MR) is 79.5 cm³/mol. The van der Waals surface area contributed by atoms with Gasteiger partial charge in [-0.15, -0.1) is 0 Å². The summed E-state index contributed by atoms with van der Waals surface area (Å²) in [6, 6.07) is 4.81. The Kier molecular flexibility index (Phi) is 4.85. The maximum atomic E-state index is 12.8. The molecule has 0 amide bonds. The molecule has 0 saturated carbocycles. The molecular formula is C15H17F3N4. The molecule has 7 heteroatoms. The van der Waals surface area contributed by atoms with E-state index in [0.29, 0.717) is 25.2 Å². The Morgan fingerprint density at radius 2 is 1.91 bits per heavy atom. The van der Waals surface area contributed by atoms with Gasteiger partial charge in [-0.05, 0) is 37.1 Å². The molecule has 0 radical (unpaired) electrons. The van der Waals surface area contributed by atoms with Crippen LogP contribution in [0.1, 0.15) is 18.1 Å². The lowest BCUT2D eigenvalue weighted by Gasteiger charge is -2.25. The van der Waals surface area contributed by atoms with Crippen molar-refractivity contribution < 1.29 is 13.2 Å². The maximum Gasteiger partial charge on any atom is 0.417 e. The number of alkyl halides is 3. The number of hydrogen-bond acceptors (Lipinski definition) is 4. The van der Waals surface area contributed by atoms with Crippen molar-refractivity contribution in [3.05, 3.63) is 47.9 Å². The number of likely N-dealkylation sites (N-methyl/N-ethyl adjacent to an activating group) is 1. The summed E-state index contributed by atoms with van der Waals surface area (Å²) in [6.45, 7) is 2.96. The van der Waals surface area contributed by atoms with E-state index in [2.05, 4.69) is 9.97 Å². The molecule has 0 fully saturated rings. The summed E-state index contributed by atoms with van der Waals surface area (Å²) in [6.07, 6.45) is 0.388. The molecule has 0 unspecified atom stereocenters. The second-order valence-corrected chi connectivity index (χ2v) is 4.81. The van der Waals surface area contributed by atoms with Crippen LogP contribution in [0.3, 0.4) is 0 Å². The fourth-order valence-corrected chi connectivity index (χ4v) is 2.13. The lowest BCUT2D eigenvalue weighted by atomic mass is 10.1. The van der Waals surface area contributed by atoms with E-state index in [-0.39, 0.29) is 5.82 Å². The van der Waals surface area contributed by atoms with Crippen LogP contribution < -0.4 is 10.6 Å². The molecule has 118 valence electrons. The SMILES string of the molecule is CCN(CCc1ccncc1)c1cc(C(F)(F)F)cnc1N. The summed E-state index contributed by atoms with van der Waals surface area (Å²) in [7, 11) is 0. The summed E-state index contributed by atoms with van der Waals surface area (Å²) < 4.78 is 38.4. The molecule has 2 heterocycles. The molecule has 2 rings (SSSR count). The van der Waals surface area contributed by atoms with Crippen molar-refractivity contribution in [3.8, 4) is 0 Å². The quantitative estimate of drug-likeness (QED) is 0.922. The molecule has 4 nitrogen and oxygen atoms in total. The van der Waals surface area contributed by atoms with Gasteiger partial charge in [0.25, 0.3) is 0 Å². The fraction of sp³-hybridized carbons (Fsp3) is 0.333. The largest absolute Gasteiger partial charge is 0.417 e. The van der Waals surface area contributed by atoms with E-state index < -0.39 is 11.7 Å². The Bertz CT molecular complexity index is 614. The van der Waals surface area contributed by atoms with Gasteiger partial charge < -0.3 is 10.6 Å². The summed E-state index contributed by atoms with van der Waals surface area (Å²) in [5, 5.41) is 0. The number of rotatable bonds is 5. The lowest BCUT2D eigenvalue weighted by Crippen LogP contribution is -2.27. The first-order chi connectivity index (χ1) is 10.4. The van der Waals surface area contributed by atoms with Gasteiger partial charge in [0, 0.05) is 31.7 Å². The van der Waals surface area contributed by atoms with Gasteiger partial charge in [0.2, 0.25) is 0 Å². The monoisotopic (exact) mass is 310 g/mol. The second kappa shape index (κ2) is 6.64. The van der Waals surface area contributed by atoms with E-state index in [4.69, 9.17) is 5.73 Å². The predicted octanol–water partition coefficient (Wildman–Crippen LogP) is 3.15. The number of hydrogen-bond donors (Lipinski definition) is 1. The van der Waals surface area contributed by atoms with E-state index in [1.807, 2.05) is 19.1 Å². The van der Waals surface area contributed by atoms with Crippen LogP contribution in [0.5, 0.6) is 0 Å². The zero-order chi connectivity index (χ0) is 16.2. The van der Waals surface area contributed by atoms with Crippen molar-refractivity contribution in [1.29, 1.82) is 0 Å². The number of halogens is 3. The highest BCUT2D eigenvalue weighted by Crippen LogP contribution is 2.33. The molecule has 0 atom stereocenters. The Morgan fingerprint density at radius 3 is 2.50 bits per heavy atom. The molecule has 0 aliphatic carbocycles. The van der Waals surface area contributed by atoms with Crippen molar-refractivity contribution in [2.24, 2.45) is 0 Å². The Labute approximate surface area is 126 Å². The highest BCUT2D eigenvalue weighted by atomic mass is 19.4. The minimum Gasteiger partial charge on any atom is -0.382 e. The van der Waals surface area contributed by atoms with E-state index in [1.54, 1.807) is 17.3 Å². The smallest absolute Gasteiger partial charge is 0.382 e. The molecule has 2 N–H and O–H groups in total. The van der Waals surface area contributed by atoms with Crippen molar-refractivity contribution in [3.63, 3.8) is 0 Å². The maximum absolute atomic E-state index is 12.8. The number of aromatic nitrogens is 2. The topological polar surface area (TPSA) is 55.0 Å². The van der Waals surface area contributed by atoms with Crippen LogP contribution in [0, 0.1) is 0 Å². The summed E-state index contributed by atoms with van der Waals surface area (Å²) in [5.41, 5.74) is 6.33. The number of pyridine rings is 2. The molecule has 0 spiro atoms. The standard InChI is InChI=1S/C15H17F3N4/c1-2-22(8-5-11-3-6-20-7-4-11)13-9-12(15(16,17)18)10-21-14(13)19/h3-4,6-7,9-10H,2,5,8H2,1H3,(H2,19,21). The van der Waals surface area contributed by atoms with E-state index in [1.165, 1.54) is 0 Å². The number of anilines is 2. The Hall–Kier alpha value is -2.31. The van der Waals surface area contributed by atoms with Gasteiger partial charge in [0.1, 0.15) is 5.82 Å². The van der Waals surface area contributed by atoms with Gasteiger partial charge in [-0.2, -0.15) is 13.2 Å². The molecular weight excluding hydrogens is 293 g/mol. The highest BCUT2D eigenvalue weighted by Gasteiger charge is 2.32. The average Bonchev–Trinajstić information content (AvgIpc) is 2.49. The molecule has 0 saturated heterocycles. The van der Waals surface area contributed by atoms with Crippen LogP contribution in [0.4, 0.5) is 24.7 Å². The number of nitrogens with zero attached hydrogens (tertiary/aromatic N) is 3. The van der Waals surface area contributed by atoms with E-state index in [0.717, 1.165) is 17.8 Å². The Morgan fingerprint density at radius 1 is 1.23 bits per heavy atom. The average molecular weight is 310 g/mol. The first-order valence-corrected chi connectivity index (χ1v) is 6.88. The zero-order valence-electron chi connectivity index (χ0n) is 12.1. The molecule has 0 aromatic carbocycles. The highest BCUT2D eigenvalue weighted by molar-refractivity contribution is 5.64. The van der Waals surface area contributed by atoms with Crippen LogP contribution in [-0.2, 0) is 12.6 Å². The van der Waals surface area contributed by atoms with Gasteiger partial charge in [0.05, 0.1) is 11.3 Å². The van der Waals surface area contributed by atoms with Gasteiger partial charge in [-0.3, -0.25) is 4.98 Å². The van der Waals surface area contributed by atoms with Crippen LogP contribution in [0.2, 0.25) is 0 Å². The Balaban J connectivity index is 2.19. The van der Waals surface area contributed by atoms with Crippen molar-refractivity contribution >= 4 is 11.5 Å². The lowest BCUT2D eigenvalue weighted by molar-refractivity contribution is -0.137. The molecule has 22 heavy (non-hydrogen) atoms. The fourth-order valence-electron chi connectivity index (χ4n) is 2.13. The van der Waals surface area contributed by atoms with Crippen LogP contribution >= 0.6 is 0 Å². The van der Waals surface area contributed by atoms with E-state index >= 15 is 0 Å². The third-order valence-corrected chi connectivity index (χ3v) is 3.37. The van der Waals surface area contributed by atoms with Gasteiger partial charge in [-0.25, -0.2) is 4.98 Å². The van der Waals surface area contributed by atoms with Gasteiger partial charge in [-0.1, -0.05) is 0 Å². The van der Waals surface area contributed by atoms with Crippen LogP contribution in [0.15, 0.2) is 36.8 Å². The number of nitrogen functional groups attached to an aromatic ring is 1. The first kappa shape index (κ1) is 16.1. The molecule has 0 bridgehead atoms. The van der Waals surface area contributed by atoms with Crippen molar-refractivity contribution in [2.45, 2.75) is 19.5 Å².